The summed E-state index contributed by atoms with van der Waals surface area (Å²) in [5, 5.41) is 2.27. The average Bonchev–Trinajstić information content (AvgIpc) is 2.33. The highest BCUT2D eigenvalue weighted by atomic mass is 32.1. The summed E-state index contributed by atoms with van der Waals surface area (Å²) in [5.41, 5.74) is 6.83. The number of hydrogen-bond donors (Lipinski definition) is 2. The first-order valence-corrected chi connectivity index (χ1v) is 5.75. The van der Waals surface area contributed by atoms with Crippen LogP contribution in [0.15, 0.2) is 18.5 Å². The van der Waals surface area contributed by atoms with Crippen LogP contribution in [-0.4, -0.2) is 34.4 Å². The van der Waals surface area contributed by atoms with E-state index in [9.17, 15) is 9.59 Å². The monoisotopic (exact) mass is 264 g/mol. The fourth-order valence-electron chi connectivity index (χ4n) is 1.83. The Labute approximate surface area is 109 Å². The molecule has 0 spiro atoms. The van der Waals surface area contributed by atoms with E-state index in [2.05, 4.69) is 10.3 Å². The van der Waals surface area contributed by atoms with Gasteiger partial charge in [-0.15, -0.1) is 0 Å². The molecule has 0 aliphatic carbocycles. The maximum absolute atomic E-state index is 11.6. The normalized spacial score (nSPS) is 19.6. The maximum atomic E-state index is 11.6. The highest BCUT2D eigenvalue weighted by Crippen LogP contribution is 2.22. The van der Waals surface area contributed by atoms with Gasteiger partial charge in [-0.2, -0.15) is 0 Å². The van der Waals surface area contributed by atoms with Gasteiger partial charge in [0, 0.05) is 11.8 Å². The number of thiocarbonyl (C=S) groups is 1. The van der Waals surface area contributed by atoms with Crippen LogP contribution in [0, 0.1) is 0 Å². The molecule has 7 heteroatoms. The van der Waals surface area contributed by atoms with Gasteiger partial charge in [-0.3, -0.25) is 19.9 Å². The summed E-state index contributed by atoms with van der Waals surface area (Å²) < 4.78 is 0. The van der Waals surface area contributed by atoms with Crippen molar-refractivity contribution < 1.29 is 9.59 Å². The van der Waals surface area contributed by atoms with Crippen molar-refractivity contribution in [2.24, 2.45) is 5.73 Å². The predicted molar refractivity (Wildman–Crippen MR) is 70.1 cm³/mol. The van der Waals surface area contributed by atoms with E-state index in [-0.39, 0.29) is 23.3 Å². The second kappa shape index (κ2) is 4.69. The molecular weight excluding hydrogens is 252 g/mol. The van der Waals surface area contributed by atoms with Crippen molar-refractivity contribution in [3.63, 3.8) is 0 Å². The number of imide groups is 1. The minimum Gasteiger partial charge on any atom is -0.389 e. The number of nitrogens with one attached hydrogen (secondary N) is 1. The van der Waals surface area contributed by atoms with E-state index in [1.54, 1.807) is 30.3 Å². The largest absolute Gasteiger partial charge is 0.389 e. The number of carbonyl (C=O) groups excluding carboxylic acids is 2. The third kappa shape index (κ3) is 2.17. The standard InChI is InChI=1S/C11H12N4O2S/c1-6-11(17)14-9(16)5-15(6)8-4-13-3-2-7(8)10(12)18/h2-4,6H,5H2,1H3,(H2,12,18)(H,14,16,17). The van der Waals surface area contributed by atoms with E-state index in [0.717, 1.165) is 0 Å². The van der Waals surface area contributed by atoms with Crippen LogP contribution in [0.1, 0.15) is 12.5 Å². The van der Waals surface area contributed by atoms with Gasteiger partial charge in [-0.1, -0.05) is 12.2 Å². The van der Waals surface area contributed by atoms with Gasteiger partial charge in [0.25, 0.3) is 0 Å². The molecule has 1 aromatic rings. The first-order valence-electron chi connectivity index (χ1n) is 5.35. The molecule has 0 radical (unpaired) electrons. The van der Waals surface area contributed by atoms with Crippen LogP contribution in [0.2, 0.25) is 0 Å². The van der Waals surface area contributed by atoms with Gasteiger partial charge in [0.15, 0.2) is 0 Å². The van der Waals surface area contributed by atoms with Crippen LogP contribution in [-0.2, 0) is 9.59 Å². The summed E-state index contributed by atoms with van der Waals surface area (Å²) in [6, 6.07) is 1.20. The Bertz CT molecular complexity index is 532. The zero-order valence-electron chi connectivity index (χ0n) is 9.71. The highest BCUT2D eigenvalue weighted by molar-refractivity contribution is 7.80. The number of nitrogens with two attached hydrogens (primary N) is 1. The van der Waals surface area contributed by atoms with Gasteiger partial charge in [0.1, 0.15) is 11.0 Å². The van der Waals surface area contributed by atoms with Crippen molar-refractivity contribution in [2.75, 3.05) is 11.4 Å². The number of aromatic nitrogens is 1. The molecule has 2 rings (SSSR count). The molecule has 1 unspecified atom stereocenters. The molecule has 1 atom stereocenters. The van der Waals surface area contributed by atoms with Gasteiger partial charge in [-0.05, 0) is 13.0 Å². The van der Waals surface area contributed by atoms with Crippen molar-refractivity contribution in [1.29, 1.82) is 0 Å². The number of nitrogens with zero attached hydrogens (tertiary/aromatic N) is 2. The molecule has 0 aromatic carbocycles. The molecule has 1 aliphatic rings. The van der Waals surface area contributed by atoms with Crippen molar-refractivity contribution in [2.45, 2.75) is 13.0 Å². The Kier molecular flexibility index (Phi) is 3.24. The van der Waals surface area contributed by atoms with E-state index < -0.39 is 6.04 Å². The molecular formula is C11H12N4O2S. The van der Waals surface area contributed by atoms with E-state index >= 15 is 0 Å². The van der Waals surface area contributed by atoms with Crippen LogP contribution in [0.4, 0.5) is 5.69 Å². The Morgan fingerprint density at radius 1 is 1.61 bits per heavy atom. The molecule has 1 fully saturated rings. The van der Waals surface area contributed by atoms with Crippen molar-refractivity contribution in [1.82, 2.24) is 10.3 Å². The Hall–Kier alpha value is -2.02. The van der Waals surface area contributed by atoms with E-state index in [4.69, 9.17) is 18.0 Å². The second-order valence-corrected chi connectivity index (χ2v) is 4.41. The number of carbonyl (C=O) groups is 2. The van der Waals surface area contributed by atoms with Gasteiger partial charge >= 0.3 is 0 Å². The van der Waals surface area contributed by atoms with Crippen LogP contribution < -0.4 is 16.0 Å². The molecule has 18 heavy (non-hydrogen) atoms. The van der Waals surface area contributed by atoms with Crippen LogP contribution >= 0.6 is 12.2 Å². The molecule has 2 heterocycles. The molecule has 6 nitrogen and oxygen atoms in total. The van der Waals surface area contributed by atoms with Gasteiger partial charge in [0.2, 0.25) is 11.8 Å². The average molecular weight is 264 g/mol. The molecule has 0 saturated carbocycles. The summed E-state index contributed by atoms with van der Waals surface area (Å²) >= 11 is 4.95. The topological polar surface area (TPSA) is 88.3 Å². The lowest BCUT2D eigenvalue weighted by Crippen LogP contribution is -2.57. The number of rotatable bonds is 2. The molecule has 1 aliphatic heterocycles. The lowest BCUT2D eigenvalue weighted by atomic mass is 10.1. The first kappa shape index (κ1) is 12.4. The first-order chi connectivity index (χ1) is 8.50. The van der Waals surface area contributed by atoms with Crippen molar-refractivity contribution >= 4 is 34.7 Å². The SMILES string of the molecule is CC1C(=O)NC(=O)CN1c1cnccc1C(N)=S. The molecule has 0 bridgehead atoms. The quantitative estimate of drug-likeness (QED) is 0.556. The minimum atomic E-state index is -0.472. The van der Waals surface area contributed by atoms with Gasteiger partial charge < -0.3 is 10.6 Å². The Morgan fingerprint density at radius 3 is 3.00 bits per heavy atom. The second-order valence-electron chi connectivity index (χ2n) is 3.97. The maximum Gasteiger partial charge on any atom is 0.249 e. The third-order valence-corrected chi connectivity index (χ3v) is 3.02. The van der Waals surface area contributed by atoms with Gasteiger partial charge in [-0.25, -0.2) is 0 Å². The smallest absolute Gasteiger partial charge is 0.249 e. The molecule has 2 amide bonds. The number of anilines is 1. The Morgan fingerprint density at radius 2 is 2.33 bits per heavy atom. The van der Waals surface area contributed by atoms with Crippen LogP contribution in [0.5, 0.6) is 0 Å². The molecule has 3 N–H and O–H groups in total. The number of hydrogen-bond acceptors (Lipinski definition) is 5. The Balaban J connectivity index is 2.44. The third-order valence-electron chi connectivity index (χ3n) is 2.80. The lowest BCUT2D eigenvalue weighted by molar-refractivity contribution is -0.132. The summed E-state index contributed by atoms with van der Waals surface area (Å²) in [6.07, 6.45) is 3.12. The summed E-state index contributed by atoms with van der Waals surface area (Å²) in [6.45, 7) is 1.78. The number of amides is 2. The van der Waals surface area contributed by atoms with Gasteiger partial charge in [0.05, 0.1) is 18.4 Å². The lowest BCUT2D eigenvalue weighted by Gasteiger charge is -2.34. The molecule has 1 aromatic heterocycles. The van der Waals surface area contributed by atoms with Crippen LogP contribution in [0.3, 0.4) is 0 Å². The summed E-state index contributed by atoms with van der Waals surface area (Å²) in [5.74, 6) is -0.695. The highest BCUT2D eigenvalue weighted by Gasteiger charge is 2.31. The molecule has 94 valence electrons. The minimum absolute atomic E-state index is 0.0776. The summed E-state index contributed by atoms with van der Waals surface area (Å²) in [7, 11) is 0. The zero-order valence-corrected chi connectivity index (χ0v) is 10.5. The number of pyridine rings is 1. The fourth-order valence-corrected chi connectivity index (χ4v) is 2.00. The fraction of sp³-hybridized carbons (Fsp3) is 0.273. The number of piperazine rings is 1. The van der Waals surface area contributed by atoms with Crippen molar-refractivity contribution in [3.05, 3.63) is 24.0 Å². The summed E-state index contributed by atoms with van der Waals surface area (Å²) in [4.78, 5) is 28.9. The van der Waals surface area contributed by atoms with Crippen molar-refractivity contribution in [3.8, 4) is 0 Å². The van der Waals surface area contributed by atoms with E-state index in [1.165, 1.54) is 0 Å². The van der Waals surface area contributed by atoms with E-state index in [0.29, 0.717) is 11.3 Å². The zero-order chi connectivity index (χ0) is 13.3. The van der Waals surface area contributed by atoms with Crippen LogP contribution in [0.25, 0.3) is 0 Å². The van der Waals surface area contributed by atoms with E-state index in [1.807, 2.05) is 0 Å². The molecule has 1 saturated heterocycles. The predicted octanol–water partition coefficient (Wildman–Crippen LogP) is -0.433.